The Bertz CT molecular complexity index is 1030. The van der Waals surface area contributed by atoms with Crippen LogP contribution in [0, 0.1) is 0 Å². The van der Waals surface area contributed by atoms with Gasteiger partial charge in [-0.2, -0.15) is 0 Å². The maximum absolute atomic E-state index is 11.5. The van der Waals surface area contributed by atoms with Crippen LogP contribution in [0.3, 0.4) is 0 Å². The SMILES string of the molecule is CS(=O)(=O)c1ccc(CN2CC(Nc3ccc4cnccc4c3)C2)cc1. The van der Waals surface area contributed by atoms with Gasteiger partial charge in [0.15, 0.2) is 9.84 Å². The Labute approximate surface area is 153 Å². The summed E-state index contributed by atoms with van der Waals surface area (Å²) in [4.78, 5) is 6.86. The van der Waals surface area contributed by atoms with Gasteiger partial charge in [0.05, 0.1) is 10.9 Å². The third-order valence-corrected chi connectivity index (χ3v) is 5.85. The van der Waals surface area contributed by atoms with Crippen LogP contribution in [0.15, 0.2) is 65.8 Å². The summed E-state index contributed by atoms with van der Waals surface area (Å²) in [5.41, 5.74) is 2.26. The molecule has 26 heavy (non-hydrogen) atoms. The van der Waals surface area contributed by atoms with Gasteiger partial charge < -0.3 is 5.32 Å². The minimum absolute atomic E-state index is 0.371. The number of hydrogen-bond acceptors (Lipinski definition) is 5. The summed E-state index contributed by atoms with van der Waals surface area (Å²) in [6.07, 6.45) is 4.92. The molecule has 0 saturated carbocycles. The van der Waals surface area contributed by atoms with Crippen molar-refractivity contribution in [3.05, 3.63) is 66.5 Å². The Kier molecular flexibility index (Phi) is 4.38. The van der Waals surface area contributed by atoms with Gasteiger partial charge in [-0.05, 0) is 41.3 Å². The van der Waals surface area contributed by atoms with Crippen LogP contribution < -0.4 is 5.32 Å². The van der Waals surface area contributed by atoms with Crippen molar-refractivity contribution < 1.29 is 8.42 Å². The van der Waals surface area contributed by atoms with Crippen LogP contribution in [0.2, 0.25) is 0 Å². The van der Waals surface area contributed by atoms with Crippen molar-refractivity contribution in [1.82, 2.24) is 9.88 Å². The molecule has 1 aliphatic rings. The van der Waals surface area contributed by atoms with Crippen molar-refractivity contribution in [2.24, 2.45) is 0 Å². The number of rotatable bonds is 5. The van der Waals surface area contributed by atoms with Gasteiger partial charge in [0.25, 0.3) is 0 Å². The molecule has 0 bridgehead atoms. The molecule has 5 nitrogen and oxygen atoms in total. The molecule has 0 aliphatic carbocycles. The zero-order valence-electron chi connectivity index (χ0n) is 14.6. The van der Waals surface area contributed by atoms with Crippen LogP contribution in [0.4, 0.5) is 5.69 Å². The molecule has 1 N–H and O–H groups in total. The monoisotopic (exact) mass is 367 g/mol. The third kappa shape index (κ3) is 3.71. The lowest BCUT2D eigenvalue weighted by atomic mass is 10.1. The standard InChI is InChI=1S/C20H21N3O2S/c1-26(24,25)20-6-2-15(3-7-20)12-23-13-19(14-23)22-18-5-4-17-11-21-9-8-16(17)10-18/h2-11,19,22H,12-14H2,1H3. The molecule has 0 atom stereocenters. The van der Waals surface area contributed by atoms with E-state index in [1.165, 1.54) is 11.6 Å². The number of benzene rings is 2. The highest BCUT2D eigenvalue weighted by Crippen LogP contribution is 2.22. The Morgan fingerprint density at radius 2 is 1.85 bits per heavy atom. The van der Waals surface area contributed by atoms with Crippen molar-refractivity contribution in [3.63, 3.8) is 0 Å². The van der Waals surface area contributed by atoms with Gasteiger partial charge in [-0.1, -0.05) is 18.2 Å². The molecule has 1 aromatic heterocycles. The van der Waals surface area contributed by atoms with E-state index in [2.05, 4.69) is 33.4 Å². The van der Waals surface area contributed by atoms with Crippen LogP contribution in [-0.2, 0) is 16.4 Å². The molecule has 1 aliphatic heterocycles. The first kappa shape index (κ1) is 17.0. The Morgan fingerprint density at radius 1 is 1.08 bits per heavy atom. The largest absolute Gasteiger partial charge is 0.380 e. The van der Waals surface area contributed by atoms with Gasteiger partial charge in [-0.25, -0.2) is 8.42 Å². The van der Waals surface area contributed by atoms with E-state index in [1.807, 2.05) is 30.6 Å². The predicted molar refractivity (Wildman–Crippen MR) is 104 cm³/mol. The van der Waals surface area contributed by atoms with Gasteiger partial charge in [-0.3, -0.25) is 9.88 Å². The fourth-order valence-electron chi connectivity index (χ4n) is 3.30. The fourth-order valence-corrected chi connectivity index (χ4v) is 3.93. The van der Waals surface area contributed by atoms with Gasteiger partial charge in [-0.15, -0.1) is 0 Å². The van der Waals surface area contributed by atoms with Crippen LogP contribution in [-0.4, -0.2) is 43.7 Å². The third-order valence-electron chi connectivity index (χ3n) is 4.73. The number of hydrogen-bond donors (Lipinski definition) is 1. The highest BCUT2D eigenvalue weighted by Gasteiger charge is 2.26. The summed E-state index contributed by atoms with van der Waals surface area (Å²) in [7, 11) is -3.13. The van der Waals surface area contributed by atoms with E-state index >= 15 is 0 Å². The molecule has 1 fully saturated rings. The van der Waals surface area contributed by atoms with E-state index in [0.717, 1.165) is 36.3 Å². The van der Waals surface area contributed by atoms with Gasteiger partial charge in [0, 0.05) is 49.4 Å². The maximum Gasteiger partial charge on any atom is 0.175 e. The minimum atomic E-state index is -3.13. The highest BCUT2D eigenvalue weighted by atomic mass is 32.2. The lowest BCUT2D eigenvalue weighted by Gasteiger charge is -2.40. The van der Waals surface area contributed by atoms with E-state index < -0.39 is 9.84 Å². The van der Waals surface area contributed by atoms with Crippen molar-refractivity contribution in [1.29, 1.82) is 0 Å². The topological polar surface area (TPSA) is 62.3 Å². The van der Waals surface area contributed by atoms with E-state index in [0.29, 0.717) is 10.9 Å². The van der Waals surface area contributed by atoms with Crippen LogP contribution in [0.25, 0.3) is 10.8 Å². The second-order valence-electron chi connectivity index (χ2n) is 6.89. The highest BCUT2D eigenvalue weighted by molar-refractivity contribution is 7.90. The maximum atomic E-state index is 11.5. The van der Waals surface area contributed by atoms with Crippen LogP contribution in [0.5, 0.6) is 0 Å². The molecular weight excluding hydrogens is 346 g/mol. The van der Waals surface area contributed by atoms with E-state index in [4.69, 9.17) is 0 Å². The lowest BCUT2D eigenvalue weighted by Crippen LogP contribution is -2.53. The first-order valence-electron chi connectivity index (χ1n) is 8.59. The van der Waals surface area contributed by atoms with E-state index in [1.54, 1.807) is 12.1 Å². The summed E-state index contributed by atoms with van der Waals surface area (Å²) < 4.78 is 23.0. The average molecular weight is 367 g/mol. The molecule has 6 heteroatoms. The summed E-state index contributed by atoms with van der Waals surface area (Å²) in [5, 5.41) is 5.91. The lowest BCUT2D eigenvalue weighted by molar-refractivity contribution is 0.153. The number of nitrogens with one attached hydrogen (secondary N) is 1. The van der Waals surface area contributed by atoms with Crippen molar-refractivity contribution in [2.75, 3.05) is 24.7 Å². The molecule has 0 spiro atoms. The van der Waals surface area contributed by atoms with Gasteiger partial charge >= 0.3 is 0 Å². The van der Waals surface area contributed by atoms with Crippen molar-refractivity contribution >= 4 is 26.3 Å². The molecule has 1 saturated heterocycles. The molecule has 4 rings (SSSR count). The van der Waals surface area contributed by atoms with Crippen LogP contribution in [0.1, 0.15) is 5.56 Å². The summed E-state index contributed by atoms with van der Waals surface area (Å²) in [6, 6.07) is 16.0. The molecule has 3 aromatic rings. The van der Waals surface area contributed by atoms with Crippen molar-refractivity contribution in [2.45, 2.75) is 17.5 Å². The van der Waals surface area contributed by atoms with Gasteiger partial charge in [0.2, 0.25) is 0 Å². The number of nitrogens with zero attached hydrogens (tertiary/aromatic N) is 2. The van der Waals surface area contributed by atoms with Crippen molar-refractivity contribution in [3.8, 4) is 0 Å². The quantitative estimate of drug-likeness (QED) is 0.751. The second-order valence-corrected chi connectivity index (χ2v) is 8.90. The number of fused-ring (bicyclic) bond motifs is 1. The molecule has 0 unspecified atom stereocenters. The average Bonchev–Trinajstić information content (AvgIpc) is 2.59. The molecule has 0 radical (unpaired) electrons. The van der Waals surface area contributed by atoms with Crippen LogP contribution >= 0.6 is 0 Å². The zero-order chi connectivity index (χ0) is 18.1. The summed E-state index contributed by atoms with van der Waals surface area (Å²) >= 11 is 0. The molecule has 2 heterocycles. The first-order chi connectivity index (χ1) is 12.5. The number of likely N-dealkylation sites (tertiary alicyclic amines) is 1. The predicted octanol–water partition coefficient (Wildman–Crippen LogP) is 2.93. The second kappa shape index (κ2) is 6.70. The normalized spacial score (nSPS) is 15.7. The Hall–Kier alpha value is -2.44. The Morgan fingerprint density at radius 3 is 2.58 bits per heavy atom. The molecule has 0 amide bonds. The first-order valence-corrected chi connectivity index (χ1v) is 10.5. The summed E-state index contributed by atoms with van der Waals surface area (Å²) in [6.45, 7) is 2.79. The molecular formula is C20H21N3O2S. The summed E-state index contributed by atoms with van der Waals surface area (Å²) in [5.74, 6) is 0. The number of aromatic nitrogens is 1. The smallest absolute Gasteiger partial charge is 0.175 e. The fraction of sp³-hybridized carbons (Fsp3) is 0.250. The molecule has 2 aromatic carbocycles. The molecule has 134 valence electrons. The number of pyridine rings is 1. The minimum Gasteiger partial charge on any atom is -0.380 e. The zero-order valence-corrected chi connectivity index (χ0v) is 15.4. The van der Waals surface area contributed by atoms with E-state index in [-0.39, 0.29) is 0 Å². The number of sulfone groups is 1. The van der Waals surface area contributed by atoms with Gasteiger partial charge in [0.1, 0.15) is 0 Å². The van der Waals surface area contributed by atoms with E-state index in [9.17, 15) is 8.42 Å². The Balaban J connectivity index is 1.32. The number of anilines is 1.